The van der Waals surface area contributed by atoms with E-state index in [1.54, 1.807) is 36.0 Å². The summed E-state index contributed by atoms with van der Waals surface area (Å²) in [6, 6.07) is 12.3. The molecule has 9 heteroatoms. The van der Waals surface area contributed by atoms with Gasteiger partial charge in [-0.1, -0.05) is 18.2 Å². The van der Waals surface area contributed by atoms with Crippen molar-refractivity contribution >= 4 is 33.4 Å². The maximum absolute atomic E-state index is 13.1. The van der Waals surface area contributed by atoms with Gasteiger partial charge in [-0.25, -0.2) is 8.42 Å². The highest BCUT2D eigenvalue weighted by molar-refractivity contribution is 7.99. The minimum atomic E-state index is -3.64. The van der Waals surface area contributed by atoms with Gasteiger partial charge in [-0.3, -0.25) is 4.79 Å². The molecule has 1 N–H and O–H groups in total. The van der Waals surface area contributed by atoms with Crippen molar-refractivity contribution in [3.63, 3.8) is 0 Å². The largest absolute Gasteiger partial charge is 0.379 e. The first-order valence-electron chi connectivity index (χ1n) is 10.8. The SMILES string of the molecule is Cc1ccc(S(=O)(=O)N2CCOCC2)cc1NC(=O)c1ccccc1SCC1CCCO1. The van der Waals surface area contributed by atoms with E-state index in [0.717, 1.165) is 35.7 Å². The average molecular weight is 477 g/mol. The number of hydrogen-bond acceptors (Lipinski definition) is 6. The third-order valence-electron chi connectivity index (χ3n) is 5.65. The molecule has 2 aromatic rings. The van der Waals surface area contributed by atoms with Crippen LogP contribution in [-0.2, 0) is 19.5 Å². The van der Waals surface area contributed by atoms with Crippen LogP contribution >= 0.6 is 11.8 Å². The zero-order valence-electron chi connectivity index (χ0n) is 18.1. The Morgan fingerprint density at radius 2 is 1.94 bits per heavy atom. The number of carbonyl (C=O) groups excluding carboxylic acids is 1. The summed E-state index contributed by atoms with van der Waals surface area (Å²) in [5.74, 6) is 0.542. The first-order valence-corrected chi connectivity index (χ1v) is 13.2. The van der Waals surface area contributed by atoms with Crippen molar-refractivity contribution in [1.29, 1.82) is 0 Å². The van der Waals surface area contributed by atoms with Crippen LogP contribution in [0.15, 0.2) is 52.3 Å². The van der Waals surface area contributed by atoms with Crippen LogP contribution in [0.3, 0.4) is 0 Å². The summed E-state index contributed by atoms with van der Waals surface area (Å²) in [5.41, 5.74) is 1.85. The van der Waals surface area contributed by atoms with E-state index in [2.05, 4.69) is 5.32 Å². The number of nitrogens with one attached hydrogen (secondary N) is 1. The van der Waals surface area contributed by atoms with Gasteiger partial charge in [0, 0.05) is 36.0 Å². The number of anilines is 1. The second-order valence-corrected chi connectivity index (χ2v) is 10.9. The summed E-state index contributed by atoms with van der Waals surface area (Å²) < 4.78 is 38.4. The normalized spacial score (nSPS) is 19.7. The minimum Gasteiger partial charge on any atom is -0.379 e. The molecule has 0 aromatic heterocycles. The molecule has 7 nitrogen and oxygen atoms in total. The number of nitrogens with zero attached hydrogens (tertiary/aromatic N) is 1. The summed E-state index contributed by atoms with van der Waals surface area (Å²) in [6.45, 7) is 4.07. The van der Waals surface area contributed by atoms with E-state index in [1.165, 1.54) is 4.31 Å². The number of hydrogen-bond donors (Lipinski definition) is 1. The van der Waals surface area contributed by atoms with Crippen LogP contribution < -0.4 is 5.32 Å². The van der Waals surface area contributed by atoms with Crippen molar-refractivity contribution in [2.24, 2.45) is 0 Å². The molecule has 0 radical (unpaired) electrons. The molecule has 0 bridgehead atoms. The maximum atomic E-state index is 13.1. The smallest absolute Gasteiger partial charge is 0.256 e. The molecule has 1 atom stereocenters. The van der Waals surface area contributed by atoms with E-state index in [4.69, 9.17) is 9.47 Å². The van der Waals surface area contributed by atoms with Crippen molar-refractivity contribution in [2.45, 2.75) is 35.7 Å². The molecule has 0 spiro atoms. The second kappa shape index (κ2) is 10.4. The highest BCUT2D eigenvalue weighted by Gasteiger charge is 2.27. The Balaban J connectivity index is 1.52. The molecule has 32 heavy (non-hydrogen) atoms. The lowest BCUT2D eigenvalue weighted by atomic mass is 10.1. The van der Waals surface area contributed by atoms with E-state index in [-0.39, 0.29) is 16.9 Å². The summed E-state index contributed by atoms with van der Waals surface area (Å²) in [6.07, 6.45) is 2.35. The first-order chi connectivity index (χ1) is 15.4. The number of thioether (sulfide) groups is 1. The van der Waals surface area contributed by atoms with Crippen molar-refractivity contribution in [2.75, 3.05) is 44.0 Å². The standard InChI is InChI=1S/C23H28N2O5S2/c1-17-8-9-19(32(27,28)25-10-13-29-14-11-25)15-21(17)24-23(26)20-6-2-3-7-22(20)31-16-18-5-4-12-30-18/h2-3,6-9,15,18H,4-5,10-14,16H2,1H3,(H,24,26). The molecule has 1 amide bonds. The van der Waals surface area contributed by atoms with Crippen LogP contribution in [0.4, 0.5) is 5.69 Å². The van der Waals surface area contributed by atoms with E-state index in [1.807, 2.05) is 25.1 Å². The third-order valence-corrected chi connectivity index (χ3v) is 8.75. The Kier molecular flexibility index (Phi) is 7.52. The van der Waals surface area contributed by atoms with Gasteiger partial charge < -0.3 is 14.8 Å². The molecular formula is C23H28N2O5S2. The molecule has 2 aliphatic rings. The highest BCUT2D eigenvalue weighted by atomic mass is 32.2. The number of carbonyl (C=O) groups is 1. The summed E-state index contributed by atoms with van der Waals surface area (Å²) >= 11 is 1.61. The lowest BCUT2D eigenvalue weighted by Gasteiger charge is -2.26. The lowest BCUT2D eigenvalue weighted by molar-refractivity contribution is 0.0730. The Morgan fingerprint density at radius 1 is 1.16 bits per heavy atom. The molecule has 2 aliphatic heterocycles. The summed E-state index contributed by atoms with van der Waals surface area (Å²) in [4.78, 5) is 14.2. The maximum Gasteiger partial charge on any atom is 0.256 e. The Bertz CT molecular complexity index is 1060. The van der Waals surface area contributed by atoms with Crippen molar-refractivity contribution < 1.29 is 22.7 Å². The van der Waals surface area contributed by atoms with Gasteiger partial charge in [-0.05, 0) is 49.6 Å². The van der Waals surface area contributed by atoms with Gasteiger partial charge in [-0.15, -0.1) is 11.8 Å². The zero-order valence-corrected chi connectivity index (χ0v) is 19.7. The number of morpholine rings is 1. The molecule has 172 valence electrons. The Hall–Kier alpha value is -1.91. The summed E-state index contributed by atoms with van der Waals surface area (Å²) in [5, 5.41) is 2.92. The highest BCUT2D eigenvalue weighted by Crippen LogP contribution is 2.29. The van der Waals surface area contributed by atoms with Gasteiger partial charge >= 0.3 is 0 Å². The fraction of sp³-hybridized carbons (Fsp3) is 0.435. The first kappa shape index (κ1) is 23.3. The predicted molar refractivity (Wildman–Crippen MR) is 125 cm³/mol. The predicted octanol–water partition coefficient (Wildman–Crippen LogP) is 3.54. The second-order valence-electron chi connectivity index (χ2n) is 7.89. The fourth-order valence-electron chi connectivity index (χ4n) is 3.76. The molecule has 2 saturated heterocycles. The zero-order chi connectivity index (χ0) is 22.6. The Morgan fingerprint density at radius 3 is 2.69 bits per heavy atom. The third kappa shape index (κ3) is 5.35. The van der Waals surface area contributed by atoms with E-state index in [0.29, 0.717) is 37.6 Å². The number of sulfonamides is 1. The monoisotopic (exact) mass is 476 g/mol. The topological polar surface area (TPSA) is 84.9 Å². The van der Waals surface area contributed by atoms with Crippen LogP contribution in [0, 0.1) is 6.92 Å². The van der Waals surface area contributed by atoms with Crippen LogP contribution in [0.2, 0.25) is 0 Å². The molecule has 2 heterocycles. The number of aryl methyl sites for hydroxylation is 1. The fourth-order valence-corrected chi connectivity index (χ4v) is 6.31. The van der Waals surface area contributed by atoms with E-state index in [9.17, 15) is 13.2 Å². The molecule has 4 rings (SSSR count). The lowest BCUT2D eigenvalue weighted by Crippen LogP contribution is -2.40. The molecule has 2 aromatic carbocycles. The van der Waals surface area contributed by atoms with Crippen LogP contribution in [0.1, 0.15) is 28.8 Å². The van der Waals surface area contributed by atoms with Crippen LogP contribution in [0.5, 0.6) is 0 Å². The molecular weight excluding hydrogens is 448 g/mol. The van der Waals surface area contributed by atoms with Crippen molar-refractivity contribution in [3.05, 3.63) is 53.6 Å². The molecule has 0 saturated carbocycles. The molecule has 0 aliphatic carbocycles. The molecule has 2 fully saturated rings. The number of amides is 1. The number of ether oxygens (including phenoxy) is 2. The van der Waals surface area contributed by atoms with Crippen molar-refractivity contribution in [1.82, 2.24) is 4.31 Å². The number of benzene rings is 2. The minimum absolute atomic E-state index is 0.168. The quantitative estimate of drug-likeness (QED) is 0.616. The van der Waals surface area contributed by atoms with Gasteiger partial charge in [0.25, 0.3) is 5.91 Å². The van der Waals surface area contributed by atoms with Crippen LogP contribution in [-0.4, -0.2) is 63.4 Å². The molecule has 1 unspecified atom stereocenters. The Labute approximate surface area is 193 Å². The van der Waals surface area contributed by atoms with E-state index >= 15 is 0 Å². The summed E-state index contributed by atoms with van der Waals surface area (Å²) in [7, 11) is -3.64. The number of rotatable bonds is 7. The average Bonchev–Trinajstić information content (AvgIpc) is 3.33. The van der Waals surface area contributed by atoms with Gasteiger partial charge in [0.05, 0.1) is 29.8 Å². The van der Waals surface area contributed by atoms with Gasteiger partial charge in [0.15, 0.2) is 0 Å². The van der Waals surface area contributed by atoms with Gasteiger partial charge in [0.1, 0.15) is 0 Å². The van der Waals surface area contributed by atoms with Crippen molar-refractivity contribution in [3.8, 4) is 0 Å². The van der Waals surface area contributed by atoms with Gasteiger partial charge in [0.2, 0.25) is 10.0 Å². The van der Waals surface area contributed by atoms with Crippen LogP contribution in [0.25, 0.3) is 0 Å². The van der Waals surface area contributed by atoms with Gasteiger partial charge in [-0.2, -0.15) is 4.31 Å². The van der Waals surface area contributed by atoms with E-state index < -0.39 is 10.0 Å².